The summed E-state index contributed by atoms with van der Waals surface area (Å²) in [6.07, 6.45) is 0. The second kappa shape index (κ2) is 8.50. The summed E-state index contributed by atoms with van der Waals surface area (Å²) >= 11 is 0. The molecule has 0 unspecified atom stereocenters. The van der Waals surface area contributed by atoms with E-state index in [1.165, 1.54) is 0 Å². The molecule has 1 amide bonds. The predicted molar refractivity (Wildman–Crippen MR) is 113 cm³/mol. The van der Waals surface area contributed by atoms with Crippen LogP contribution in [0.2, 0.25) is 0 Å². The monoisotopic (exact) mass is 408 g/mol. The predicted octanol–water partition coefficient (Wildman–Crippen LogP) is 3.22. The Kier molecular flexibility index (Phi) is 5.62. The Hall–Kier alpha value is -3.46. The van der Waals surface area contributed by atoms with Gasteiger partial charge in [-0.05, 0) is 45.0 Å². The van der Waals surface area contributed by atoms with E-state index >= 15 is 0 Å². The first kappa shape index (κ1) is 19.8. The van der Waals surface area contributed by atoms with Crippen molar-refractivity contribution in [1.82, 2.24) is 15.1 Å². The van der Waals surface area contributed by atoms with Gasteiger partial charge in [-0.2, -0.15) is 4.98 Å². The van der Waals surface area contributed by atoms with Gasteiger partial charge in [0.15, 0.2) is 0 Å². The number of anilines is 4. The van der Waals surface area contributed by atoms with Crippen molar-refractivity contribution >= 4 is 29.0 Å². The highest BCUT2D eigenvalue weighted by atomic mass is 16.5. The molecule has 1 aromatic carbocycles. The molecular formula is C21H24N6O3. The number of carbonyl (C=O) groups excluding carboxylic acids is 1. The molecule has 0 atom stereocenters. The van der Waals surface area contributed by atoms with Crippen LogP contribution in [0.3, 0.4) is 0 Å². The summed E-state index contributed by atoms with van der Waals surface area (Å²) in [7, 11) is 0. The number of nitrogens with one attached hydrogen (secondary N) is 2. The van der Waals surface area contributed by atoms with Gasteiger partial charge in [0, 0.05) is 36.2 Å². The molecule has 3 heterocycles. The largest absolute Gasteiger partial charge is 0.378 e. The van der Waals surface area contributed by atoms with Crippen molar-refractivity contribution in [1.29, 1.82) is 0 Å². The van der Waals surface area contributed by atoms with Crippen molar-refractivity contribution in [2.45, 2.75) is 20.8 Å². The number of rotatable bonds is 5. The van der Waals surface area contributed by atoms with Gasteiger partial charge in [0.25, 0.3) is 5.91 Å². The average molecular weight is 408 g/mol. The molecule has 0 bridgehead atoms. The second-order valence-electron chi connectivity index (χ2n) is 7.15. The Morgan fingerprint density at radius 2 is 1.73 bits per heavy atom. The highest BCUT2D eigenvalue weighted by Gasteiger charge is 2.18. The van der Waals surface area contributed by atoms with Crippen molar-refractivity contribution in [3.8, 4) is 0 Å². The number of hydrogen-bond donors (Lipinski definition) is 2. The van der Waals surface area contributed by atoms with Gasteiger partial charge in [0.1, 0.15) is 17.1 Å². The molecule has 9 nitrogen and oxygen atoms in total. The summed E-state index contributed by atoms with van der Waals surface area (Å²) in [5.41, 5.74) is 3.45. The normalized spacial score (nSPS) is 13.9. The van der Waals surface area contributed by atoms with Crippen molar-refractivity contribution in [2.75, 3.05) is 41.8 Å². The van der Waals surface area contributed by atoms with Crippen LogP contribution in [-0.2, 0) is 4.74 Å². The van der Waals surface area contributed by atoms with Gasteiger partial charge in [-0.25, -0.2) is 4.98 Å². The lowest BCUT2D eigenvalue weighted by Gasteiger charge is -2.27. The van der Waals surface area contributed by atoms with Crippen molar-refractivity contribution in [3.63, 3.8) is 0 Å². The molecule has 2 aromatic heterocycles. The first-order chi connectivity index (χ1) is 14.5. The Balaban J connectivity index is 1.45. The quantitative estimate of drug-likeness (QED) is 0.663. The Labute approximate surface area is 174 Å². The Morgan fingerprint density at radius 3 is 2.40 bits per heavy atom. The van der Waals surface area contributed by atoms with E-state index in [1.807, 2.05) is 37.3 Å². The lowest BCUT2D eigenvalue weighted by Crippen LogP contribution is -2.37. The molecular weight excluding hydrogens is 384 g/mol. The zero-order valence-corrected chi connectivity index (χ0v) is 17.2. The topological polar surface area (TPSA) is 105 Å². The summed E-state index contributed by atoms with van der Waals surface area (Å²) in [4.78, 5) is 23.8. The number of amides is 1. The number of morpholine rings is 1. The summed E-state index contributed by atoms with van der Waals surface area (Å²) in [6.45, 7) is 8.33. The van der Waals surface area contributed by atoms with Crippen LogP contribution in [0.5, 0.6) is 0 Å². The number of aromatic nitrogens is 3. The molecule has 30 heavy (non-hydrogen) atoms. The van der Waals surface area contributed by atoms with Crippen LogP contribution in [-0.4, -0.2) is 47.3 Å². The minimum absolute atomic E-state index is 0.242. The second-order valence-corrected chi connectivity index (χ2v) is 7.15. The van der Waals surface area contributed by atoms with Gasteiger partial charge in [0.2, 0.25) is 5.95 Å². The minimum Gasteiger partial charge on any atom is -0.378 e. The van der Waals surface area contributed by atoms with Gasteiger partial charge < -0.3 is 24.8 Å². The summed E-state index contributed by atoms with van der Waals surface area (Å²) in [6, 6.07) is 9.32. The lowest BCUT2D eigenvalue weighted by atomic mass is 10.2. The van der Waals surface area contributed by atoms with Gasteiger partial charge >= 0.3 is 0 Å². The average Bonchev–Trinajstić information content (AvgIpc) is 3.08. The molecule has 1 aliphatic heterocycles. The van der Waals surface area contributed by atoms with E-state index in [4.69, 9.17) is 9.26 Å². The highest BCUT2D eigenvalue weighted by molar-refractivity contribution is 6.05. The maximum atomic E-state index is 12.5. The first-order valence-corrected chi connectivity index (χ1v) is 9.79. The number of ether oxygens (including phenoxy) is 1. The van der Waals surface area contributed by atoms with Gasteiger partial charge in [-0.1, -0.05) is 5.16 Å². The SMILES string of the molecule is Cc1cc(Nc2ccc(NC(=O)c3c(C)noc3C)cc2)nc(N2CCOCC2)n1. The number of hydrogen-bond acceptors (Lipinski definition) is 8. The molecule has 2 N–H and O–H groups in total. The molecule has 1 aliphatic rings. The molecule has 3 aromatic rings. The fourth-order valence-electron chi connectivity index (χ4n) is 3.31. The molecule has 0 radical (unpaired) electrons. The molecule has 1 fully saturated rings. The number of aryl methyl sites for hydroxylation is 3. The number of nitrogens with zero attached hydrogens (tertiary/aromatic N) is 4. The summed E-state index contributed by atoms with van der Waals surface area (Å²) in [5, 5.41) is 9.99. The minimum atomic E-state index is -0.242. The number of benzene rings is 1. The van der Waals surface area contributed by atoms with Crippen molar-refractivity contribution in [2.24, 2.45) is 0 Å². The maximum Gasteiger partial charge on any atom is 0.261 e. The fourth-order valence-corrected chi connectivity index (χ4v) is 3.31. The van der Waals surface area contributed by atoms with Crippen LogP contribution in [0.1, 0.15) is 27.5 Å². The van der Waals surface area contributed by atoms with Crippen LogP contribution in [0.15, 0.2) is 34.9 Å². The van der Waals surface area contributed by atoms with E-state index in [9.17, 15) is 4.79 Å². The molecule has 9 heteroatoms. The molecule has 4 rings (SSSR count). The molecule has 1 saturated heterocycles. The third-order valence-corrected chi connectivity index (χ3v) is 4.81. The molecule has 0 saturated carbocycles. The standard InChI is InChI=1S/C21H24N6O3/c1-13-12-18(25-21(22-13)27-8-10-29-11-9-27)23-16-4-6-17(7-5-16)24-20(28)19-14(2)26-30-15(19)3/h4-7,12H,8-11H2,1-3H3,(H,24,28)(H,22,23,25). The molecule has 156 valence electrons. The van der Waals surface area contributed by atoms with Gasteiger partial charge in [-0.3, -0.25) is 4.79 Å². The van der Waals surface area contributed by atoms with Crippen LogP contribution in [0.4, 0.5) is 23.1 Å². The van der Waals surface area contributed by atoms with E-state index in [0.29, 0.717) is 41.9 Å². The lowest BCUT2D eigenvalue weighted by molar-refractivity contribution is 0.102. The van der Waals surface area contributed by atoms with E-state index < -0.39 is 0 Å². The van der Waals surface area contributed by atoms with E-state index in [0.717, 1.165) is 30.3 Å². The Bertz CT molecular complexity index is 1020. The summed E-state index contributed by atoms with van der Waals surface area (Å²) in [5.74, 6) is 1.67. The van der Waals surface area contributed by atoms with Crippen LogP contribution in [0, 0.1) is 20.8 Å². The van der Waals surface area contributed by atoms with E-state index in [1.54, 1.807) is 13.8 Å². The van der Waals surface area contributed by atoms with Crippen molar-refractivity contribution in [3.05, 3.63) is 53.0 Å². The molecule has 0 aliphatic carbocycles. The molecule has 0 spiro atoms. The van der Waals surface area contributed by atoms with E-state index in [2.05, 4.69) is 30.7 Å². The third-order valence-electron chi connectivity index (χ3n) is 4.81. The third kappa shape index (κ3) is 4.41. The van der Waals surface area contributed by atoms with Gasteiger partial charge in [0.05, 0.1) is 18.9 Å². The van der Waals surface area contributed by atoms with Crippen LogP contribution < -0.4 is 15.5 Å². The van der Waals surface area contributed by atoms with Crippen molar-refractivity contribution < 1.29 is 14.1 Å². The maximum absolute atomic E-state index is 12.5. The Morgan fingerprint density at radius 1 is 1.03 bits per heavy atom. The zero-order valence-electron chi connectivity index (χ0n) is 17.2. The van der Waals surface area contributed by atoms with Crippen LogP contribution in [0.25, 0.3) is 0 Å². The fraction of sp³-hybridized carbons (Fsp3) is 0.333. The van der Waals surface area contributed by atoms with Crippen LogP contribution >= 0.6 is 0 Å². The zero-order chi connectivity index (χ0) is 21.1. The van der Waals surface area contributed by atoms with Gasteiger partial charge in [-0.15, -0.1) is 0 Å². The first-order valence-electron chi connectivity index (χ1n) is 9.79. The highest BCUT2D eigenvalue weighted by Crippen LogP contribution is 2.22. The smallest absolute Gasteiger partial charge is 0.261 e. The summed E-state index contributed by atoms with van der Waals surface area (Å²) < 4.78 is 10.5. The number of carbonyl (C=O) groups is 1. The van der Waals surface area contributed by atoms with E-state index in [-0.39, 0.29) is 5.91 Å².